The predicted molar refractivity (Wildman–Crippen MR) is 126 cm³/mol. The highest BCUT2D eigenvalue weighted by molar-refractivity contribution is 6.30. The second kappa shape index (κ2) is 11.0. The van der Waals surface area contributed by atoms with Crippen LogP contribution >= 0.6 is 11.6 Å². The number of aliphatic hydroxyl groups is 1. The number of ether oxygens (including phenoxy) is 1. The summed E-state index contributed by atoms with van der Waals surface area (Å²) in [5, 5.41) is 17.5. The van der Waals surface area contributed by atoms with Gasteiger partial charge in [-0.15, -0.1) is 0 Å². The number of halogens is 1. The quantitative estimate of drug-likeness (QED) is 0.329. The molecule has 3 rings (SSSR count). The highest BCUT2D eigenvalue weighted by Gasteiger charge is 2.10. The van der Waals surface area contributed by atoms with E-state index in [1.54, 1.807) is 18.2 Å². The van der Waals surface area contributed by atoms with E-state index in [0.717, 1.165) is 27.9 Å². The third kappa shape index (κ3) is 6.31. The Hall–Kier alpha value is -2.86. The van der Waals surface area contributed by atoms with E-state index in [9.17, 15) is 9.90 Å². The van der Waals surface area contributed by atoms with Crippen molar-refractivity contribution < 1.29 is 14.6 Å². The Morgan fingerprint density at radius 2 is 1.87 bits per heavy atom. The van der Waals surface area contributed by atoms with E-state index < -0.39 is 6.10 Å². The molecule has 5 nitrogen and oxygen atoms in total. The first-order chi connectivity index (χ1) is 15.0. The number of carbonyl (C=O) groups excluding carboxylic acids is 1. The van der Waals surface area contributed by atoms with Gasteiger partial charge in [-0.1, -0.05) is 41.9 Å². The number of aryl methyl sites for hydroxylation is 1. The maximum absolute atomic E-state index is 11.9. The van der Waals surface area contributed by atoms with Crippen molar-refractivity contribution in [1.29, 1.82) is 0 Å². The lowest BCUT2D eigenvalue weighted by atomic mass is 9.97. The van der Waals surface area contributed by atoms with Crippen LogP contribution in [0.4, 0.5) is 5.69 Å². The van der Waals surface area contributed by atoms with Crippen LogP contribution in [0.5, 0.6) is 0 Å². The molecule has 162 valence electrons. The third-order valence-corrected chi connectivity index (χ3v) is 5.27. The van der Waals surface area contributed by atoms with Gasteiger partial charge >= 0.3 is 5.97 Å². The molecular formula is C25H27ClN2O3. The molecule has 0 radical (unpaired) electrons. The molecule has 0 spiro atoms. The normalized spacial score (nSPS) is 11.7. The fourth-order valence-corrected chi connectivity index (χ4v) is 3.54. The minimum atomic E-state index is -0.605. The van der Waals surface area contributed by atoms with E-state index >= 15 is 0 Å². The van der Waals surface area contributed by atoms with Gasteiger partial charge in [0, 0.05) is 30.3 Å². The maximum atomic E-state index is 11.9. The molecular weight excluding hydrogens is 412 g/mol. The van der Waals surface area contributed by atoms with Crippen molar-refractivity contribution in [2.75, 3.05) is 32.1 Å². The van der Waals surface area contributed by atoms with Gasteiger partial charge in [0.1, 0.15) is 0 Å². The van der Waals surface area contributed by atoms with Gasteiger partial charge in [-0.05, 0) is 65.6 Å². The molecule has 1 unspecified atom stereocenters. The Morgan fingerprint density at radius 1 is 1.06 bits per heavy atom. The fourth-order valence-electron chi connectivity index (χ4n) is 3.34. The van der Waals surface area contributed by atoms with Crippen LogP contribution in [-0.4, -0.2) is 37.8 Å². The van der Waals surface area contributed by atoms with Gasteiger partial charge in [-0.2, -0.15) is 0 Å². The molecule has 0 aromatic heterocycles. The summed E-state index contributed by atoms with van der Waals surface area (Å²) in [4.78, 5) is 11.9. The van der Waals surface area contributed by atoms with E-state index in [0.29, 0.717) is 30.2 Å². The number of esters is 1. The van der Waals surface area contributed by atoms with Crippen LogP contribution in [0.1, 0.15) is 27.6 Å². The minimum Gasteiger partial charge on any atom is -0.465 e. The zero-order valence-corrected chi connectivity index (χ0v) is 18.4. The Labute approximate surface area is 188 Å². The summed E-state index contributed by atoms with van der Waals surface area (Å²) in [6.07, 6.45) is -0.605. The standard InChI is InChI=1S/C25H27ClN2O3/c1-17-9-10-20(25(30)31-2)15-23(17)18-5-4-8-22(14-18)28-12-11-27-16-24(29)19-6-3-7-21(26)13-19/h3-10,13-15,24,27-29H,11-12,16H2,1-2H3. The number of anilines is 1. The third-order valence-electron chi connectivity index (χ3n) is 5.03. The second-order valence-electron chi connectivity index (χ2n) is 7.30. The molecule has 1 atom stereocenters. The van der Waals surface area contributed by atoms with Crippen LogP contribution in [0.2, 0.25) is 5.02 Å². The number of carbonyl (C=O) groups is 1. The predicted octanol–water partition coefficient (Wildman–Crippen LogP) is 4.84. The second-order valence-corrected chi connectivity index (χ2v) is 7.74. The van der Waals surface area contributed by atoms with Gasteiger partial charge in [0.15, 0.2) is 0 Å². The van der Waals surface area contributed by atoms with Crippen molar-refractivity contribution in [1.82, 2.24) is 5.32 Å². The largest absolute Gasteiger partial charge is 0.465 e. The topological polar surface area (TPSA) is 70.6 Å². The monoisotopic (exact) mass is 438 g/mol. The van der Waals surface area contributed by atoms with E-state index in [-0.39, 0.29) is 5.97 Å². The van der Waals surface area contributed by atoms with E-state index in [4.69, 9.17) is 16.3 Å². The molecule has 0 saturated carbocycles. The van der Waals surface area contributed by atoms with Crippen molar-refractivity contribution in [2.45, 2.75) is 13.0 Å². The lowest BCUT2D eigenvalue weighted by Crippen LogP contribution is -2.26. The molecule has 0 saturated heterocycles. The molecule has 0 bridgehead atoms. The summed E-state index contributed by atoms with van der Waals surface area (Å²) in [6, 6.07) is 20.9. The van der Waals surface area contributed by atoms with Crippen LogP contribution in [0.3, 0.4) is 0 Å². The van der Waals surface area contributed by atoms with Crippen molar-refractivity contribution in [3.05, 3.63) is 88.4 Å². The van der Waals surface area contributed by atoms with Crippen LogP contribution < -0.4 is 10.6 Å². The summed E-state index contributed by atoms with van der Waals surface area (Å²) in [5.74, 6) is -0.346. The van der Waals surface area contributed by atoms with E-state index in [1.165, 1.54) is 7.11 Å². The summed E-state index contributed by atoms with van der Waals surface area (Å²) < 4.78 is 4.84. The molecule has 0 fully saturated rings. The molecule has 6 heteroatoms. The average molecular weight is 439 g/mol. The highest BCUT2D eigenvalue weighted by atomic mass is 35.5. The zero-order valence-electron chi connectivity index (χ0n) is 17.7. The number of benzene rings is 3. The molecule has 3 aromatic carbocycles. The smallest absolute Gasteiger partial charge is 0.337 e. The van der Waals surface area contributed by atoms with Crippen molar-refractivity contribution in [3.8, 4) is 11.1 Å². The summed E-state index contributed by atoms with van der Waals surface area (Å²) >= 11 is 5.97. The van der Waals surface area contributed by atoms with Crippen LogP contribution in [0.15, 0.2) is 66.7 Å². The molecule has 3 aromatic rings. The Kier molecular flexibility index (Phi) is 8.06. The van der Waals surface area contributed by atoms with Gasteiger partial charge in [-0.3, -0.25) is 0 Å². The van der Waals surface area contributed by atoms with Crippen molar-refractivity contribution in [2.24, 2.45) is 0 Å². The first-order valence-electron chi connectivity index (χ1n) is 10.2. The molecule has 0 heterocycles. The minimum absolute atomic E-state index is 0.346. The maximum Gasteiger partial charge on any atom is 0.337 e. The lowest BCUT2D eigenvalue weighted by Gasteiger charge is -2.14. The SMILES string of the molecule is COC(=O)c1ccc(C)c(-c2cccc(NCCNCC(O)c3cccc(Cl)c3)c2)c1. The first kappa shape index (κ1) is 22.8. The molecule has 0 aliphatic carbocycles. The fraction of sp³-hybridized carbons (Fsp3) is 0.240. The number of methoxy groups -OCH3 is 1. The molecule has 0 aliphatic rings. The number of nitrogens with one attached hydrogen (secondary N) is 2. The van der Waals surface area contributed by atoms with Gasteiger partial charge in [-0.25, -0.2) is 4.79 Å². The first-order valence-corrected chi connectivity index (χ1v) is 10.5. The highest BCUT2D eigenvalue weighted by Crippen LogP contribution is 2.27. The summed E-state index contributed by atoms with van der Waals surface area (Å²) in [5.41, 5.74) is 5.42. The van der Waals surface area contributed by atoms with Gasteiger partial charge in [0.25, 0.3) is 0 Å². The average Bonchev–Trinajstić information content (AvgIpc) is 2.78. The van der Waals surface area contributed by atoms with Crippen LogP contribution in [-0.2, 0) is 4.74 Å². The van der Waals surface area contributed by atoms with Gasteiger partial charge < -0.3 is 20.5 Å². The van der Waals surface area contributed by atoms with Crippen LogP contribution in [0.25, 0.3) is 11.1 Å². The van der Waals surface area contributed by atoms with Crippen molar-refractivity contribution >= 4 is 23.3 Å². The van der Waals surface area contributed by atoms with Gasteiger partial charge in [0.2, 0.25) is 0 Å². The van der Waals surface area contributed by atoms with Gasteiger partial charge in [0.05, 0.1) is 18.8 Å². The van der Waals surface area contributed by atoms with Crippen molar-refractivity contribution in [3.63, 3.8) is 0 Å². The molecule has 0 aliphatic heterocycles. The molecule has 0 amide bonds. The number of hydrogen-bond acceptors (Lipinski definition) is 5. The number of hydrogen-bond donors (Lipinski definition) is 3. The molecule has 31 heavy (non-hydrogen) atoms. The Bertz CT molecular complexity index is 1040. The van der Waals surface area contributed by atoms with E-state index in [2.05, 4.69) is 16.7 Å². The Balaban J connectivity index is 1.55. The Morgan fingerprint density at radius 3 is 2.65 bits per heavy atom. The summed E-state index contributed by atoms with van der Waals surface area (Å²) in [7, 11) is 1.38. The van der Waals surface area contributed by atoms with Crippen LogP contribution in [0, 0.1) is 6.92 Å². The summed E-state index contributed by atoms with van der Waals surface area (Å²) in [6.45, 7) is 3.86. The van der Waals surface area contributed by atoms with E-state index in [1.807, 2.05) is 49.4 Å². The number of aliphatic hydroxyl groups excluding tert-OH is 1. The molecule has 3 N–H and O–H groups in total. The number of rotatable bonds is 9. The lowest BCUT2D eigenvalue weighted by molar-refractivity contribution is 0.0601. The zero-order chi connectivity index (χ0) is 22.2.